The Bertz CT molecular complexity index is 942. The van der Waals surface area contributed by atoms with E-state index in [0.717, 1.165) is 90.4 Å². The standard InChI is InChI=1S/3C8H12NO2.C8H10NO2.2H2N.5Ni.5H2O/c4*10-8(11)4-3-7-2-1-5-9-6-7;;;;;;;;;;;;/h3*3-4,7H,1-2,5-6H2,(H,10,11);1-4,7H,5-6H2,(H,10,11);2*1H2;;;;;;5*1H2/q6*-1;;;;2*+2;;;;;/p+4. The number of nitrogens with zero attached hydrogens (tertiary/aromatic N) is 4. The van der Waals surface area contributed by atoms with Crippen molar-refractivity contribution in [2.24, 2.45) is 23.7 Å². The van der Waals surface area contributed by atoms with E-state index in [0.29, 0.717) is 24.3 Å². The van der Waals surface area contributed by atoms with Crippen molar-refractivity contribution in [3.8, 4) is 0 Å². The van der Waals surface area contributed by atoms with Gasteiger partial charge in [-0.15, -0.1) is 58.4 Å². The number of aliphatic carboxylic acids is 4. The monoisotopic (exact) mass is 1030 g/mol. The number of carboxylic acids is 4. The molecule has 22 N–H and O–H groups in total. The van der Waals surface area contributed by atoms with Gasteiger partial charge in [-0.2, -0.15) is 0 Å². The topological polar surface area (TPSA) is 436 Å². The molecule has 0 bridgehead atoms. The molecule has 3 fully saturated rings. The van der Waals surface area contributed by atoms with Crippen LogP contribution in [0.2, 0.25) is 0 Å². The van der Waals surface area contributed by atoms with Crippen molar-refractivity contribution in [2.75, 3.05) is 52.4 Å². The predicted molar refractivity (Wildman–Crippen MR) is 204 cm³/mol. The normalized spacial score (nSPS) is 19.9. The van der Waals surface area contributed by atoms with Crippen molar-refractivity contribution in [1.29, 1.82) is 0 Å². The van der Waals surface area contributed by atoms with Gasteiger partial charge in [0.2, 0.25) is 0 Å². The van der Waals surface area contributed by atoms with Crippen molar-refractivity contribution in [1.82, 2.24) is 0 Å². The second-order valence-corrected chi connectivity index (χ2v) is 10.6. The van der Waals surface area contributed by atoms with Crippen molar-refractivity contribution in [2.45, 2.75) is 38.5 Å². The molecule has 0 aromatic heterocycles. The zero-order valence-electron chi connectivity index (χ0n) is 30.7. The molecule has 4 aliphatic heterocycles. The maximum absolute atomic E-state index is 10.1. The van der Waals surface area contributed by atoms with Gasteiger partial charge in [0.1, 0.15) is 0 Å². The van der Waals surface area contributed by atoms with Gasteiger partial charge >= 0.3 is 56.9 Å². The van der Waals surface area contributed by atoms with E-state index in [1.54, 1.807) is 24.3 Å². The summed E-state index contributed by atoms with van der Waals surface area (Å²) < 4.78 is 0. The molecule has 0 spiro atoms. The molecule has 0 aromatic carbocycles. The smallest absolute Gasteiger partial charge is 0.693 e. The van der Waals surface area contributed by atoms with Crippen LogP contribution in [0.3, 0.4) is 0 Å². The Morgan fingerprint density at radius 1 is 0.500 bits per heavy atom. The van der Waals surface area contributed by atoms with Crippen LogP contribution in [0.5, 0.6) is 0 Å². The van der Waals surface area contributed by atoms with Crippen molar-refractivity contribution in [3.63, 3.8) is 0 Å². The van der Waals surface area contributed by atoms with E-state index in [2.05, 4.69) is 21.3 Å². The number of piperidine rings is 3. The Hall–Kier alpha value is -1.39. The van der Waals surface area contributed by atoms with E-state index in [4.69, 9.17) is 20.4 Å². The molecule has 0 aromatic rings. The molecule has 4 unspecified atom stereocenters. The second kappa shape index (κ2) is 57.9. The van der Waals surface area contributed by atoms with Crippen LogP contribution in [0.15, 0.2) is 60.8 Å². The third kappa shape index (κ3) is 54.7. The third-order valence-corrected chi connectivity index (χ3v) is 6.74. The van der Waals surface area contributed by atoms with E-state index in [-0.39, 0.29) is 128 Å². The van der Waals surface area contributed by atoms with Gasteiger partial charge in [0, 0.05) is 73.8 Å². The summed E-state index contributed by atoms with van der Waals surface area (Å²) in [5, 5.41) is 50.0. The molecule has 348 valence electrons. The van der Waals surface area contributed by atoms with Crippen molar-refractivity contribution < 1.29 is 149 Å². The van der Waals surface area contributed by atoms with Crippen LogP contribution in [-0.2, 0) is 124 Å². The summed E-state index contributed by atoms with van der Waals surface area (Å²) in [5.74, 6) is -2.23. The Morgan fingerprint density at radius 3 is 1.00 bits per heavy atom. The Kier molecular flexibility index (Phi) is 89.4. The molecule has 56 heavy (non-hydrogen) atoms. The van der Waals surface area contributed by atoms with Crippen LogP contribution in [-0.4, -0.2) is 102 Å². The number of carbonyl (C=O) groups is 4. The first kappa shape index (κ1) is 86.4. The van der Waals surface area contributed by atoms with Gasteiger partial charge in [0.05, 0.1) is 0 Å². The molecule has 19 nitrogen and oxygen atoms in total. The van der Waals surface area contributed by atoms with Crippen LogP contribution in [0.4, 0.5) is 0 Å². The summed E-state index contributed by atoms with van der Waals surface area (Å²) in [6, 6.07) is 0. The molecule has 0 aliphatic carbocycles. The summed E-state index contributed by atoms with van der Waals surface area (Å²) in [6.45, 7) is 6.68. The van der Waals surface area contributed by atoms with E-state index in [1.165, 1.54) is 18.2 Å². The van der Waals surface area contributed by atoms with Gasteiger partial charge < -0.3 is 81.4 Å². The van der Waals surface area contributed by atoms with E-state index in [1.807, 2.05) is 12.2 Å². The Balaban J connectivity index is -0.0000000430. The van der Waals surface area contributed by atoms with Gasteiger partial charge in [-0.25, -0.2) is 19.2 Å². The minimum atomic E-state index is -0.899. The van der Waals surface area contributed by atoms with Gasteiger partial charge in [-0.05, 0) is 23.7 Å². The molecule has 3 saturated heterocycles. The quantitative estimate of drug-likeness (QED) is 0.121. The maximum Gasteiger partial charge on any atom is 2.00 e. The predicted octanol–water partition coefficient (Wildman–Crippen LogP) is 2.33. The summed E-state index contributed by atoms with van der Waals surface area (Å²) in [4.78, 5) is 40.5. The molecule has 4 heterocycles. The first-order valence-corrected chi connectivity index (χ1v) is 15.0. The molecule has 24 heteroatoms. The van der Waals surface area contributed by atoms with E-state index >= 15 is 0 Å². The maximum atomic E-state index is 10.1. The fraction of sp³-hybridized carbons (Fsp3) is 0.562. The Morgan fingerprint density at radius 2 is 0.786 bits per heavy atom. The minimum absolute atomic E-state index is 0. The largest absolute Gasteiger partial charge is 2.00 e. The first-order valence-electron chi connectivity index (χ1n) is 15.0. The van der Waals surface area contributed by atoms with Crippen LogP contribution < -0.4 is 0 Å². The minimum Gasteiger partial charge on any atom is -0.693 e. The number of hydrogen-bond donors (Lipinski definition) is 4. The number of carboxylic acid groups (broad SMARTS) is 4. The second-order valence-electron chi connectivity index (χ2n) is 10.6. The SMILES string of the molecule is O.O=C(O)C=CC1C=CC[N-]C1.O=C(O)C=CC1CCC[N-]C1.O=C(O)C=CC1CCC[N-]C1.O=C(O)C=CC1CCC[N-]C1.[NH2-].[NH2-].[Ni+2].[Ni+2].[Ni].[Ni].[Ni].[OH3+].[OH3+].[OH3+].[OH3+]. The van der Waals surface area contributed by atoms with Crippen LogP contribution in [0, 0.1) is 23.7 Å². The third-order valence-electron chi connectivity index (χ3n) is 6.74. The van der Waals surface area contributed by atoms with Crippen molar-refractivity contribution >= 4 is 23.9 Å². The van der Waals surface area contributed by atoms with Crippen LogP contribution >= 0.6 is 0 Å². The fourth-order valence-electron chi connectivity index (χ4n) is 4.49. The van der Waals surface area contributed by atoms with Gasteiger partial charge in [-0.3, -0.25) is 0 Å². The van der Waals surface area contributed by atoms with Gasteiger partial charge in [0.25, 0.3) is 0 Å². The molecule has 4 aliphatic rings. The molecule has 0 amide bonds. The fourth-order valence-corrected chi connectivity index (χ4v) is 4.49. The van der Waals surface area contributed by atoms with E-state index in [9.17, 15) is 19.2 Å². The van der Waals surface area contributed by atoms with E-state index < -0.39 is 23.9 Å². The summed E-state index contributed by atoms with van der Waals surface area (Å²) in [5.41, 5.74) is 0. The average molecular weight is 1030 g/mol. The van der Waals surface area contributed by atoms with Crippen LogP contribution in [0.25, 0.3) is 33.6 Å². The number of rotatable bonds is 8. The molecule has 4 rings (SSSR count). The molecular weight excluding hydrogens is 970 g/mol. The Labute approximate surface area is 380 Å². The summed E-state index contributed by atoms with van der Waals surface area (Å²) >= 11 is 0. The zero-order valence-corrected chi connectivity index (χ0v) is 35.7. The molecule has 4 atom stereocenters. The zero-order chi connectivity index (χ0) is 32.4. The molecule has 0 radical (unpaired) electrons. The molecule has 0 saturated carbocycles. The summed E-state index contributed by atoms with van der Waals surface area (Å²) in [6.07, 6.45) is 22.1. The first-order chi connectivity index (χ1) is 21.2. The number of hydrogen-bond acceptors (Lipinski definition) is 4. The van der Waals surface area contributed by atoms with Gasteiger partial charge in [0.15, 0.2) is 0 Å². The molecular formula is C32H64N6Ni5O13+2. The van der Waals surface area contributed by atoms with Gasteiger partial charge in [-0.1, -0.05) is 68.9 Å². The number of nitrogens with two attached hydrogens (primary N) is 2. The van der Waals surface area contributed by atoms with Crippen molar-refractivity contribution in [3.05, 3.63) is 94.3 Å². The average Bonchev–Trinajstić information content (AvgIpc) is 3.04. The van der Waals surface area contributed by atoms with Crippen LogP contribution in [0.1, 0.15) is 38.5 Å². The summed E-state index contributed by atoms with van der Waals surface area (Å²) in [7, 11) is 0.